The smallest absolute Gasteiger partial charge is 0.266 e. The van der Waals surface area contributed by atoms with E-state index in [1.165, 1.54) is 11.8 Å². The van der Waals surface area contributed by atoms with E-state index in [9.17, 15) is 10.1 Å². The maximum Gasteiger partial charge on any atom is 0.266 e. The first-order chi connectivity index (χ1) is 15.0. The molecular weight excluding hydrogens is 496 g/mol. The lowest BCUT2D eigenvalue weighted by Crippen LogP contribution is -2.35. The molecule has 0 aliphatic carbocycles. The van der Waals surface area contributed by atoms with Crippen molar-refractivity contribution >= 4 is 56.2 Å². The van der Waals surface area contributed by atoms with Crippen LogP contribution in [0.1, 0.15) is 29.5 Å². The fourth-order valence-corrected chi connectivity index (χ4v) is 5.11. The standard InChI is InChI=1S/C23H19BrN2O3S2/c24-18-7-8-20(29-14-16-5-2-1-4-15(16)12-25)17(10-18)11-21-22(27)26(23(30)31-21)13-19-6-3-9-28-19/h1-2,4-5,7-8,10-11,19H,3,6,9,13-14H2/b21-11-/t19-/m1/s1. The number of carbonyl (C=O) groups is 1. The van der Waals surface area contributed by atoms with Crippen LogP contribution in [0.5, 0.6) is 5.75 Å². The second kappa shape index (κ2) is 9.96. The number of benzene rings is 2. The van der Waals surface area contributed by atoms with Crippen molar-refractivity contribution in [3.8, 4) is 11.8 Å². The van der Waals surface area contributed by atoms with Crippen LogP contribution in [0.4, 0.5) is 0 Å². The van der Waals surface area contributed by atoms with E-state index in [1.54, 1.807) is 11.0 Å². The van der Waals surface area contributed by atoms with Gasteiger partial charge in [-0.2, -0.15) is 5.26 Å². The highest BCUT2D eigenvalue weighted by molar-refractivity contribution is 9.10. The molecule has 0 saturated carbocycles. The Bertz CT molecular complexity index is 1090. The molecule has 1 atom stereocenters. The minimum atomic E-state index is -0.105. The van der Waals surface area contributed by atoms with Gasteiger partial charge < -0.3 is 9.47 Å². The Hall–Kier alpha value is -2.18. The Labute approximate surface area is 199 Å². The summed E-state index contributed by atoms with van der Waals surface area (Å²) in [6, 6.07) is 15.1. The van der Waals surface area contributed by atoms with Gasteiger partial charge in [0.05, 0.1) is 29.2 Å². The molecule has 0 bridgehead atoms. The van der Waals surface area contributed by atoms with E-state index in [-0.39, 0.29) is 18.6 Å². The van der Waals surface area contributed by atoms with Gasteiger partial charge in [-0.05, 0) is 43.2 Å². The molecule has 2 aliphatic rings. The fraction of sp³-hybridized carbons (Fsp3) is 0.261. The van der Waals surface area contributed by atoms with Crippen molar-refractivity contribution in [1.82, 2.24) is 4.90 Å². The summed E-state index contributed by atoms with van der Waals surface area (Å²) in [4.78, 5) is 15.2. The van der Waals surface area contributed by atoms with Crippen molar-refractivity contribution in [1.29, 1.82) is 5.26 Å². The van der Waals surface area contributed by atoms with E-state index in [0.717, 1.165) is 35.0 Å². The predicted molar refractivity (Wildman–Crippen MR) is 128 cm³/mol. The number of amides is 1. The molecule has 2 aromatic carbocycles. The van der Waals surface area contributed by atoms with Crippen LogP contribution in [0.15, 0.2) is 51.8 Å². The second-order valence-corrected chi connectivity index (χ2v) is 9.76. The van der Waals surface area contributed by atoms with Crippen LogP contribution in [-0.4, -0.2) is 34.4 Å². The largest absolute Gasteiger partial charge is 0.488 e. The maximum atomic E-state index is 13.0. The molecule has 5 nitrogen and oxygen atoms in total. The highest BCUT2D eigenvalue weighted by Gasteiger charge is 2.34. The molecule has 4 rings (SSSR count). The molecule has 8 heteroatoms. The van der Waals surface area contributed by atoms with Crippen molar-refractivity contribution in [2.24, 2.45) is 0 Å². The minimum absolute atomic E-state index is 0.0480. The molecule has 2 heterocycles. The van der Waals surface area contributed by atoms with Crippen LogP contribution < -0.4 is 4.74 Å². The lowest BCUT2D eigenvalue weighted by atomic mass is 10.1. The van der Waals surface area contributed by atoms with Crippen LogP contribution in [0.25, 0.3) is 6.08 Å². The van der Waals surface area contributed by atoms with E-state index < -0.39 is 0 Å². The first kappa shape index (κ1) is 22.0. The number of nitrogens with zero attached hydrogens (tertiary/aromatic N) is 2. The number of hydrogen-bond donors (Lipinski definition) is 0. The highest BCUT2D eigenvalue weighted by Crippen LogP contribution is 2.36. The molecule has 2 aromatic rings. The molecule has 2 saturated heterocycles. The van der Waals surface area contributed by atoms with Crippen LogP contribution in [0, 0.1) is 11.3 Å². The maximum absolute atomic E-state index is 13.0. The van der Waals surface area contributed by atoms with Crippen LogP contribution >= 0.6 is 39.9 Å². The van der Waals surface area contributed by atoms with Crippen molar-refractivity contribution in [3.63, 3.8) is 0 Å². The van der Waals surface area contributed by atoms with Gasteiger partial charge in [-0.25, -0.2) is 0 Å². The van der Waals surface area contributed by atoms with E-state index in [1.807, 2.05) is 42.5 Å². The molecule has 2 aliphatic heterocycles. The number of halogens is 1. The summed E-state index contributed by atoms with van der Waals surface area (Å²) < 4.78 is 13.1. The summed E-state index contributed by atoms with van der Waals surface area (Å²) in [6.07, 6.45) is 3.82. The zero-order valence-corrected chi connectivity index (χ0v) is 19.8. The molecular formula is C23H19BrN2O3S2. The number of thioether (sulfide) groups is 1. The molecule has 2 fully saturated rings. The van der Waals surface area contributed by atoms with E-state index in [4.69, 9.17) is 21.7 Å². The van der Waals surface area contributed by atoms with Gasteiger partial charge in [-0.3, -0.25) is 9.69 Å². The van der Waals surface area contributed by atoms with Crippen molar-refractivity contribution in [3.05, 3.63) is 68.5 Å². The normalized spacial score (nSPS) is 19.8. The number of ether oxygens (including phenoxy) is 2. The average molecular weight is 515 g/mol. The Balaban J connectivity index is 1.54. The third-order valence-electron chi connectivity index (χ3n) is 5.06. The summed E-state index contributed by atoms with van der Waals surface area (Å²) >= 11 is 10.2. The third kappa shape index (κ3) is 5.18. The van der Waals surface area contributed by atoms with E-state index in [0.29, 0.717) is 27.1 Å². The van der Waals surface area contributed by atoms with Gasteiger partial charge >= 0.3 is 0 Å². The molecule has 0 unspecified atom stereocenters. The van der Waals surface area contributed by atoms with Gasteiger partial charge in [0.2, 0.25) is 0 Å². The number of thiocarbonyl (C=S) groups is 1. The molecule has 31 heavy (non-hydrogen) atoms. The Morgan fingerprint density at radius 1 is 1.35 bits per heavy atom. The van der Waals surface area contributed by atoms with Crippen molar-refractivity contribution in [2.45, 2.75) is 25.6 Å². The molecule has 0 aromatic heterocycles. The third-order valence-corrected chi connectivity index (χ3v) is 6.93. The average Bonchev–Trinajstić information content (AvgIpc) is 3.37. The van der Waals surface area contributed by atoms with Gasteiger partial charge in [0.1, 0.15) is 16.7 Å². The number of nitriles is 1. The van der Waals surface area contributed by atoms with E-state index >= 15 is 0 Å². The van der Waals surface area contributed by atoms with E-state index in [2.05, 4.69) is 22.0 Å². The quantitative estimate of drug-likeness (QED) is 0.386. The van der Waals surface area contributed by atoms with Crippen molar-refractivity contribution < 1.29 is 14.3 Å². The molecule has 0 N–H and O–H groups in total. The first-order valence-corrected chi connectivity index (χ1v) is 11.8. The predicted octanol–water partition coefficient (Wildman–Crippen LogP) is 5.28. The Morgan fingerprint density at radius 3 is 2.97 bits per heavy atom. The molecule has 0 radical (unpaired) electrons. The van der Waals surface area contributed by atoms with Gasteiger partial charge in [0.25, 0.3) is 5.91 Å². The fourth-order valence-electron chi connectivity index (χ4n) is 3.46. The molecule has 1 amide bonds. The van der Waals surface area contributed by atoms with Gasteiger partial charge in [-0.1, -0.05) is 58.1 Å². The Kier molecular flexibility index (Phi) is 7.08. The summed E-state index contributed by atoms with van der Waals surface area (Å²) in [7, 11) is 0. The monoisotopic (exact) mass is 514 g/mol. The topological polar surface area (TPSA) is 62.6 Å². The summed E-state index contributed by atoms with van der Waals surface area (Å²) in [5.74, 6) is 0.520. The second-order valence-electron chi connectivity index (χ2n) is 7.17. The first-order valence-electron chi connectivity index (χ1n) is 9.82. The zero-order chi connectivity index (χ0) is 21.8. The van der Waals surface area contributed by atoms with Gasteiger partial charge in [0, 0.05) is 22.2 Å². The molecule has 0 spiro atoms. The van der Waals surface area contributed by atoms with Crippen molar-refractivity contribution in [2.75, 3.05) is 13.2 Å². The van der Waals surface area contributed by atoms with Gasteiger partial charge in [0.15, 0.2) is 0 Å². The Morgan fingerprint density at radius 2 is 2.19 bits per heavy atom. The summed E-state index contributed by atoms with van der Waals surface area (Å²) in [6.45, 7) is 1.49. The van der Waals surface area contributed by atoms with Gasteiger partial charge in [-0.15, -0.1) is 0 Å². The SMILES string of the molecule is N#Cc1ccccc1COc1ccc(Br)cc1/C=C1\SC(=S)N(C[C@H]2CCCO2)C1=O. The molecule has 158 valence electrons. The number of rotatable bonds is 6. The van der Waals surface area contributed by atoms with Crippen LogP contribution in [-0.2, 0) is 16.1 Å². The number of hydrogen-bond acceptors (Lipinski definition) is 6. The number of carbonyl (C=O) groups excluding carboxylic acids is 1. The zero-order valence-electron chi connectivity index (χ0n) is 16.5. The summed E-state index contributed by atoms with van der Waals surface area (Å²) in [5, 5.41) is 9.29. The lowest BCUT2D eigenvalue weighted by molar-refractivity contribution is -0.123. The van der Waals surface area contributed by atoms with Crippen LogP contribution in [0.3, 0.4) is 0 Å². The van der Waals surface area contributed by atoms with Crippen LogP contribution in [0.2, 0.25) is 0 Å². The minimum Gasteiger partial charge on any atom is -0.488 e. The summed E-state index contributed by atoms with van der Waals surface area (Å²) in [5.41, 5.74) is 2.15. The highest BCUT2D eigenvalue weighted by atomic mass is 79.9. The lowest BCUT2D eigenvalue weighted by Gasteiger charge is -2.18.